The van der Waals surface area contributed by atoms with Gasteiger partial charge in [-0.2, -0.15) is 4.98 Å². The van der Waals surface area contributed by atoms with Gasteiger partial charge < -0.3 is 18.9 Å². The van der Waals surface area contributed by atoms with Crippen molar-refractivity contribution in [2.24, 2.45) is 0 Å². The normalized spacial score (nSPS) is 13.5. The largest absolute Gasteiger partial charge is 0.493 e. The average Bonchev–Trinajstić information content (AvgIpc) is 3.72. The van der Waals surface area contributed by atoms with Crippen molar-refractivity contribution in [3.05, 3.63) is 53.4 Å². The minimum absolute atomic E-state index is 0.0155. The van der Waals surface area contributed by atoms with Gasteiger partial charge in [0.15, 0.2) is 23.1 Å². The molecule has 184 valence electrons. The van der Waals surface area contributed by atoms with Crippen molar-refractivity contribution in [3.63, 3.8) is 0 Å². The maximum Gasteiger partial charge on any atom is 0.261 e. The summed E-state index contributed by atoms with van der Waals surface area (Å²) in [6.45, 7) is 3.90. The van der Waals surface area contributed by atoms with Gasteiger partial charge in [0.1, 0.15) is 18.5 Å². The fourth-order valence-electron chi connectivity index (χ4n) is 3.93. The Morgan fingerprint density at radius 1 is 1.06 bits per heavy atom. The summed E-state index contributed by atoms with van der Waals surface area (Å²) < 4.78 is 37.4. The number of rotatable bonds is 10. The molecule has 4 rings (SSSR count). The molecule has 0 bridgehead atoms. The van der Waals surface area contributed by atoms with Crippen LogP contribution >= 0.6 is 0 Å². The number of benzene rings is 1. The zero-order valence-electron chi connectivity index (χ0n) is 20.6. The van der Waals surface area contributed by atoms with E-state index in [0.717, 1.165) is 30.5 Å². The highest BCUT2D eigenvalue weighted by atomic mass is 19.1. The Hall–Kier alpha value is -3.75. The quantitative estimate of drug-likeness (QED) is 0.383. The van der Waals surface area contributed by atoms with Crippen LogP contribution in [0.15, 0.2) is 30.7 Å². The summed E-state index contributed by atoms with van der Waals surface area (Å²) in [4.78, 5) is 17.7. The van der Waals surface area contributed by atoms with Crippen molar-refractivity contribution in [1.82, 2.24) is 19.9 Å². The van der Waals surface area contributed by atoms with Gasteiger partial charge in [-0.05, 0) is 31.8 Å². The van der Waals surface area contributed by atoms with Gasteiger partial charge in [-0.15, -0.1) is 0 Å². The van der Waals surface area contributed by atoms with Crippen molar-refractivity contribution in [1.29, 1.82) is 0 Å². The zero-order chi connectivity index (χ0) is 24.9. The third-order valence-corrected chi connectivity index (χ3v) is 5.85. The highest BCUT2D eigenvalue weighted by Gasteiger charge is 2.31. The molecular weight excluding hydrogens is 451 g/mol. The average molecular weight is 481 g/mol. The van der Waals surface area contributed by atoms with Gasteiger partial charge >= 0.3 is 0 Å². The molecule has 0 saturated heterocycles. The predicted octanol–water partition coefficient (Wildman–Crippen LogP) is 5.37. The van der Waals surface area contributed by atoms with Crippen molar-refractivity contribution in [3.8, 4) is 34.6 Å². The van der Waals surface area contributed by atoms with E-state index in [4.69, 9.17) is 18.9 Å². The van der Waals surface area contributed by atoms with E-state index in [-0.39, 0.29) is 18.2 Å². The molecule has 35 heavy (non-hydrogen) atoms. The Balaban J connectivity index is 1.67. The van der Waals surface area contributed by atoms with E-state index in [9.17, 15) is 0 Å². The Bertz CT molecular complexity index is 1240. The molecule has 1 aliphatic rings. The molecule has 0 unspecified atom stereocenters. The molecule has 1 aliphatic carbocycles. The van der Waals surface area contributed by atoms with E-state index in [2.05, 4.69) is 19.9 Å². The molecule has 0 amide bonds. The molecule has 0 atom stereocenters. The van der Waals surface area contributed by atoms with Crippen molar-refractivity contribution < 1.29 is 23.3 Å². The van der Waals surface area contributed by atoms with Crippen molar-refractivity contribution in [2.75, 3.05) is 21.3 Å². The Morgan fingerprint density at radius 3 is 2.51 bits per heavy atom. The van der Waals surface area contributed by atoms with Crippen molar-refractivity contribution >= 4 is 5.57 Å². The summed E-state index contributed by atoms with van der Waals surface area (Å²) in [7, 11) is 4.49. The van der Waals surface area contributed by atoms with E-state index in [1.165, 1.54) is 26.7 Å². The van der Waals surface area contributed by atoms with E-state index < -0.39 is 5.82 Å². The summed E-state index contributed by atoms with van der Waals surface area (Å²) in [5.41, 5.74) is 3.38. The van der Waals surface area contributed by atoms with Gasteiger partial charge in [0.25, 0.3) is 5.88 Å². The fourth-order valence-corrected chi connectivity index (χ4v) is 3.93. The van der Waals surface area contributed by atoms with Gasteiger partial charge in [-0.1, -0.05) is 25.1 Å². The second-order valence-corrected chi connectivity index (χ2v) is 8.19. The molecule has 0 aliphatic heterocycles. The molecule has 3 aromatic rings. The van der Waals surface area contributed by atoms with E-state index >= 15 is 4.39 Å². The first-order chi connectivity index (χ1) is 17.0. The SMILES string of the molecule is CC/C=C(/C)c1ccc(COc2nc(-c3c(OC)ncnc3C3CC3)ncc2OC)c(OC)c1F. The zero-order valence-corrected chi connectivity index (χ0v) is 20.6. The second-order valence-electron chi connectivity index (χ2n) is 8.19. The molecule has 0 spiro atoms. The Kier molecular flexibility index (Phi) is 7.43. The maximum atomic E-state index is 15.2. The number of allylic oxidation sites excluding steroid dienone is 2. The first kappa shape index (κ1) is 24.4. The van der Waals surface area contributed by atoms with Crippen molar-refractivity contribution in [2.45, 2.75) is 45.6 Å². The summed E-state index contributed by atoms with van der Waals surface area (Å²) in [6.07, 6.45) is 7.88. The third-order valence-electron chi connectivity index (χ3n) is 5.85. The second kappa shape index (κ2) is 10.7. The number of hydrogen-bond acceptors (Lipinski definition) is 8. The molecule has 0 radical (unpaired) electrons. The molecule has 1 saturated carbocycles. The van der Waals surface area contributed by atoms with Gasteiger partial charge in [0, 0.05) is 17.0 Å². The van der Waals surface area contributed by atoms with Crippen LogP contribution in [0.5, 0.6) is 23.3 Å². The lowest BCUT2D eigenvalue weighted by Gasteiger charge is -2.16. The molecule has 9 heteroatoms. The lowest BCUT2D eigenvalue weighted by atomic mass is 10.0. The van der Waals surface area contributed by atoms with Gasteiger partial charge in [-0.3, -0.25) is 0 Å². The van der Waals surface area contributed by atoms with E-state index in [1.807, 2.05) is 19.9 Å². The lowest BCUT2D eigenvalue weighted by molar-refractivity contribution is 0.264. The number of ether oxygens (including phenoxy) is 4. The van der Waals surface area contributed by atoms with Crippen LogP contribution in [-0.2, 0) is 6.61 Å². The number of hydrogen-bond donors (Lipinski definition) is 0. The molecular formula is C26H29FN4O4. The minimum atomic E-state index is -0.425. The van der Waals surface area contributed by atoms with Crippen LogP contribution in [0.25, 0.3) is 17.0 Å². The van der Waals surface area contributed by atoms with Gasteiger partial charge in [0.2, 0.25) is 5.88 Å². The maximum absolute atomic E-state index is 15.2. The third kappa shape index (κ3) is 5.03. The Morgan fingerprint density at radius 2 is 1.86 bits per heavy atom. The van der Waals surface area contributed by atoms with Crippen LogP contribution in [0.2, 0.25) is 0 Å². The summed E-state index contributed by atoms with van der Waals surface area (Å²) in [5.74, 6) is 1.35. The molecule has 1 fully saturated rings. The first-order valence-corrected chi connectivity index (χ1v) is 11.5. The van der Waals surface area contributed by atoms with E-state index in [1.54, 1.807) is 19.2 Å². The van der Waals surface area contributed by atoms with Crippen LogP contribution < -0.4 is 18.9 Å². The predicted molar refractivity (Wildman–Crippen MR) is 129 cm³/mol. The highest BCUT2D eigenvalue weighted by Crippen LogP contribution is 2.45. The summed E-state index contributed by atoms with van der Waals surface area (Å²) >= 11 is 0. The van der Waals surface area contributed by atoms with E-state index in [0.29, 0.717) is 40.1 Å². The van der Waals surface area contributed by atoms with Gasteiger partial charge in [-0.25, -0.2) is 19.3 Å². The highest BCUT2D eigenvalue weighted by molar-refractivity contribution is 5.67. The molecule has 2 aromatic heterocycles. The summed E-state index contributed by atoms with van der Waals surface area (Å²) in [5, 5.41) is 0. The number of methoxy groups -OCH3 is 3. The van der Waals surface area contributed by atoms with Crippen LogP contribution in [0.3, 0.4) is 0 Å². The van der Waals surface area contributed by atoms with Crippen LogP contribution in [-0.4, -0.2) is 41.3 Å². The minimum Gasteiger partial charge on any atom is -0.493 e. The molecule has 0 N–H and O–H groups in total. The van der Waals surface area contributed by atoms with Crippen LogP contribution in [0, 0.1) is 5.82 Å². The monoisotopic (exact) mass is 480 g/mol. The molecule has 2 heterocycles. The Labute approximate surface area is 204 Å². The van der Waals surface area contributed by atoms with Crippen LogP contribution in [0.1, 0.15) is 55.8 Å². The molecule has 8 nitrogen and oxygen atoms in total. The lowest BCUT2D eigenvalue weighted by Crippen LogP contribution is -2.07. The van der Waals surface area contributed by atoms with Gasteiger partial charge in [0.05, 0.1) is 33.2 Å². The number of nitrogens with zero attached hydrogens (tertiary/aromatic N) is 4. The topological polar surface area (TPSA) is 88.5 Å². The number of halogens is 1. The first-order valence-electron chi connectivity index (χ1n) is 11.5. The smallest absolute Gasteiger partial charge is 0.261 e. The van der Waals surface area contributed by atoms with Crippen LogP contribution in [0.4, 0.5) is 4.39 Å². The molecule has 1 aromatic carbocycles. The summed E-state index contributed by atoms with van der Waals surface area (Å²) in [6, 6.07) is 3.52. The standard InChI is InChI=1S/C26H29FN4O4/c1-6-7-15(2)18-11-10-17(23(33-4)21(18)27)13-35-25-19(32-3)12-28-24(31-25)20-22(16-8-9-16)29-14-30-26(20)34-5/h7,10-12,14,16H,6,8-9,13H2,1-5H3/b15-7-. The fraction of sp³-hybridized carbons (Fsp3) is 0.385. The number of aromatic nitrogens is 4.